The van der Waals surface area contributed by atoms with Crippen molar-refractivity contribution in [2.75, 3.05) is 19.6 Å². The number of hydrogen-bond acceptors (Lipinski definition) is 3. The van der Waals surface area contributed by atoms with E-state index in [0.717, 1.165) is 23.6 Å². The summed E-state index contributed by atoms with van der Waals surface area (Å²) in [6.45, 7) is 1.69. The molecular formula is C39H37N3O2. The molecule has 0 radical (unpaired) electrons. The first-order valence-electron chi connectivity index (χ1n) is 15.6. The van der Waals surface area contributed by atoms with Crippen molar-refractivity contribution >= 4 is 22.6 Å². The highest BCUT2D eigenvalue weighted by Crippen LogP contribution is 2.53. The van der Waals surface area contributed by atoms with E-state index in [1.807, 2.05) is 72.8 Å². The van der Waals surface area contributed by atoms with Crippen LogP contribution in [-0.4, -0.2) is 47.9 Å². The summed E-state index contributed by atoms with van der Waals surface area (Å²) in [6.07, 6.45) is 1.51. The number of hydrogen-bond donors (Lipinski definition) is 2. The van der Waals surface area contributed by atoms with Gasteiger partial charge in [-0.1, -0.05) is 121 Å². The number of fused-ring (bicyclic) bond motifs is 1. The van der Waals surface area contributed by atoms with E-state index in [9.17, 15) is 9.59 Å². The number of amides is 2. The number of nitrogens with one attached hydrogen (secondary N) is 2. The summed E-state index contributed by atoms with van der Waals surface area (Å²) in [4.78, 5) is 29.8. The molecule has 1 saturated carbocycles. The van der Waals surface area contributed by atoms with Gasteiger partial charge in [0.15, 0.2) is 0 Å². The minimum Gasteiger partial charge on any atom is -0.350 e. The first-order valence-corrected chi connectivity index (χ1v) is 15.6. The molecule has 2 fully saturated rings. The molecule has 5 heteroatoms. The molecule has 2 unspecified atom stereocenters. The lowest BCUT2D eigenvalue weighted by atomic mass is 9.90. The smallest absolute Gasteiger partial charge is 0.251 e. The Bertz CT molecular complexity index is 1720. The summed E-state index contributed by atoms with van der Waals surface area (Å²) in [6, 6.07) is 45.2. The average molecular weight is 580 g/mol. The minimum atomic E-state index is -0.672. The Hall–Kier alpha value is -4.74. The van der Waals surface area contributed by atoms with Crippen molar-refractivity contribution in [3.63, 3.8) is 0 Å². The highest BCUT2D eigenvalue weighted by atomic mass is 16.2. The first-order chi connectivity index (χ1) is 21.6. The van der Waals surface area contributed by atoms with Gasteiger partial charge in [-0.05, 0) is 52.4 Å². The number of nitrogens with zero attached hydrogens (tertiary/aromatic N) is 1. The normalized spacial score (nSPS) is 21.4. The van der Waals surface area contributed by atoms with Crippen LogP contribution in [0.3, 0.4) is 0 Å². The highest BCUT2D eigenvalue weighted by molar-refractivity contribution is 5.98. The molecule has 44 heavy (non-hydrogen) atoms. The Morgan fingerprint density at radius 1 is 0.795 bits per heavy atom. The Balaban J connectivity index is 1.14. The molecule has 5 aromatic rings. The minimum absolute atomic E-state index is 0.0334. The first kappa shape index (κ1) is 28.1. The average Bonchev–Trinajstić information content (AvgIpc) is 3.84. The number of carbonyl (C=O) groups excluding carboxylic acids is 2. The summed E-state index contributed by atoms with van der Waals surface area (Å²) in [5.41, 5.74) is 3.55. The molecular weight excluding hydrogens is 542 g/mol. The number of rotatable bonds is 8. The fourth-order valence-corrected chi connectivity index (χ4v) is 6.91. The van der Waals surface area contributed by atoms with Gasteiger partial charge in [0, 0.05) is 43.1 Å². The molecule has 5 nitrogen and oxygen atoms in total. The Kier molecular flexibility index (Phi) is 7.71. The van der Waals surface area contributed by atoms with Crippen LogP contribution >= 0.6 is 0 Å². The molecule has 0 bridgehead atoms. The van der Waals surface area contributed by atoms with E-state index in [1.54, 1.807) is 0 Å². The SMILES string of the molecule is O=C(NC[C@@H]1CCN(CC(c2ccccc2)c2ccccc2)C(=O)C2(CC2c2ccccc2)N1)c1ccc2ccccc2c1. The van der Waals surface area contributed by atoms with Gasteiger partial charge in [0.25, 0.3) is 5.91 Å². The summed E-state index contributed by atoms with van der Waals surface area (Å²) < 4.78 is 0. The number of carbonyl (C=O) groups is 2. The third-order valence-corrected chi connectivity index (χ3v) is 9.37. The van der Waals surface area contributed by atoms with Gasteiger partial charge in [-0.2, -0.15) is 0 Å². The summed E-state index contributed by atoms with van der Waals surface area (Å²) in [5, 5.41) is 9.11. The van der Waals surface area contributed by atoms with Crippen LogP contribution in [0.1, 0.15) is 51.7 Å². The van der Waals surface area contributed by atoms with Crippen molar-refractivity contribution < 1.29 is 9.59 Å². The van der Waals surface area contributed by atoms with E-state index in [2.05, 4.69) is 76.2 Å². The van der Waals surface area contributed by atoms with Gasteiger partial charge in [0.1, 0.15) is 5.54 Å². The van der Waals surface area contributed by atoms with Gasteiger partial charge in [-0.15, -0.1) is 0 Å². The van der Waals surface area contributed by atoms with Crippen molar-refractivity contribution in [2.45, 2.75) is 36.3 Å². The summed E-state index contributed by atoms with van der Waals surface area (Å²) in [7, 11) is 0. The third-order valence-electron chi connectivity index (χ3n) is 9.37. The van der Waals surface area contributed by atoms with Crippen molar-refractivity contribution in [1.82, 2.24) is 15.5 Å². The van der Waals surface area contributed by atoms with Gasteiger partial charge in [0.05, 0.1) is 0 Å². The maximum Gasteiger partial charge on any atom is 0.251 e. The van der Waals surface area contributed by atoms with Crippen LogP contribution in [0.5, 0.6) is 0 Å². The fourth-order valence-electron chi connectivity index (χ4n) is 6.91. The van der Waals surface area contributed by atoms with Gasteiger partial charge in [-0.3, -0.25) is 14.9 Å². The third kappa shape index (κ3) is 5.63. The van der Waals surface area contributed by atoms with Gasteiger partial charge < -0.3 is 10.2 Å². The summed E-state index contributed by atoms with van der Waals surface area (Å²) >= 11 is 0. The monoisotopic (exact) mass is 579 g/mol. The zero-order valence-electron chi connectivity index (χ0n) is 24.7. The van der Waals surface area contributed by atoms with E-state index >= 15 is 0 Å². The van der Waals surface area contributed by atoms with Gasteiger partial charge in [-0.25, -0.2) is 0 Å². The Morgan fingerprint density at radius 3 is 2.09 bits per heavy atom. The topological polar surface area (TPSA) is 61.4 Å². The van der Waals surface area contributed by atoms with Crippen LogP contribution in [0.25, 0.3) is 10.8 Å². The van der Waals surface area contributed by atoms with Gasteiger partial charge in [0.2, 0.25) is 5.91 Å². The van der Waals surface area contributed by atoms with Crippen LogP contribution in [0, 0.1) is 0 Å². The van der Waals surface area contributed by atoms with Crippen LogP contribution in [-0.2, 0) is 4.79 Å². The molecule has 2 amide bonds. The van der Waals surface area contributed by atoms with E-state index in [0.29, 0.717) is 25.2 Å². The molecule has 5 aromatic carbocycles. The maximum absolute atomic E-state index is 14.5. The van der Waals surface area contributed by atoms with Crippen LogP contribution in [0.4, 0.5) is 0 Å². The number of benzene rings is 5. The highest BCUT2D eigenvalue weighted by Gasteiger charge is 2.63. The Labute approximate surface area is 258 Å². The van der Waals surface area contributed by atoms with Crippen molar-refractivity contribution in [3.8, 4) is 0 Å². The predicted molar refractivity (Wildman–Crippen MR) is 176 cm³/mol. The van der Waals surface area contributed by atoms with Crippen molar-refractivity contribution in [3.05, 3.63) is 156 Å². The lowest BCUT2D eigenvalue weighted by Gasteiger charge is -2.30. The molecule has 220 valence electrons. The molecule has 7 rings (SSSR count). The second kappa shape index (κ2) is 12.1. The molecule has 1 aliphatic carbocycles. The van der Waals surface area contributed by atoms with E-state index in [-0.39, 0.29) is 29.7 Å². The van der Waals surface area contributed by atoms with Gasteiger partial charge >= 0.3 is 0 Å². The van der Waals surface area contributed by atoms with Crippen LogP contribution in [0.2, 0.25) is 0 Å². The standard InChI is InChI=1S/C39H37N3O2/c43-37(33-21-20-28-12-10-11-19-32(28)24-33)40-26-34-22-23-42(38(44)39(41-34)25-36(39)31-17-8-3-9-18-31)27-35(29-13-4-1-5-14-29)30-15-6-2-7-16-30/h1-21,24,34-36,41H,22-23,25-27H2,(H,40,43)/t34-,36?,39?/m0/s1. The van der Waals surface area contributed by atoms with Crippen LogP contribution < -0.4 is 10.6 Å². The second-order valence-corrected chi connectivity index (χ2v) is 12.2. The quantitative estimate of drug-likeness (QED) is 0.220. The fraction of sp³-hybridized carbons (Fsp3) is 0.231. The molecule has 1 heterocycles. The van der Waals surface area contributed by atoms with Crippen LogP contribution in [0.15, 0.2) is 133 Å². The second-order valence-electron chi connectivity index (χ2n) is 12.2. The maximum atomic E-state index is 14.5. The van der Waals surface area contributed by atoms with E-state index in [4.69, 9.17) is 0 Å². The molecule has 1 aliphatic heterocycles. The van der Waals surface area contributed by atoms with Crippen molar-refractivity contribution in [1.29, 1.82) is 0 Å². The molecule has 2 aliphatic rings. The van der Waals surface area contributed by atoms with Crippen molar-refractivity contribution in [2.24, 2.45) is 0 Å². The molecule has 1 saturated heterocycles. The lowest BCUT2D eigenvalue weighted by molar-refractivity contribution is -0.134. The molecule has 2 N–H and O–H groups in total. The Morgan fingerprint density at radius 2 is 1.41 bits per heavy atom. The molecule has 3 atom stereocenters. The van der Waals surface area contributed by atoms with E-state index in [1.165, 1.54) is 16.7 Å². The van der Waals surface area contributed by atoms with E-state index < -0.39 is 5.54 Å². The summed E-state index contributed by atoms with van der Waals surface area (Å²) in [5.74, 6) is 0.230. The molecule has 1 spiro atoms. The lowest BCUT2D eigenvalue weighted by Crippen LogP contribution is -2.52. The predicted octanol–water partition coefficient (Wildman–Crippen LogP) is 6.52. The largest absolute Gasteiger partial charge is 0.350 e. The zero-order valence-corrected chi connectivity index (χ0v) is 24.7. The zero-order chi connectivity index (χ0) is 29.9. The molecule has 0 aromatic heterocycles.